The second-order valence-electron chi connectivity index (χ2n) is 4.62. The number of hydrazine groups is 1. The van der Waals surface area contributed by atoms with Crippen molar-refractivity contribution in [1.82, 2.24) is 9.97 Å². The molecule has 1 saturated heterocycles. The summed E-state index contributed by atoms with van der Waals surface area (Å²) < 4.78 is 38.4. The number of nitrogens with zero attached hydrogens (tertiary/aromatic N) is 4. The van der Waals surface area contributed by atoms with Crippen LogP contribution in [0.25, 0.3) is 0 Å². The molecular formula is C10H13F3N6O2. The van der Waals surface area contributed by atoms with Crippen molar-refractivity contribution in [3.8, 4) is 0 Å². The molecule has 0 amide bonds. The monoisotopic (exact) mass is 306 g/mol. The van der Waals surface area contributed by atoms with E-state index in [0.717, 1.165) is 6.33 Å². The lowest BCUT2D eigenvalue weighted by atomic mass is 9.97. The van der Waals surface area contributed by atoms with Crippen LogP contribution in [0.15, 0.2) is 6.33 Å². The number of aromatic nitrogens is 2. The van der Waals surface area contributed by atoms with E-state index in [1.165, 1.54) is 4.90 Å². The summed E-state index contributed by atoms with van der Waals surface area (Å²) in [5, 5.41) is 11.1. The van der Waals surface area contributed by atoms with Crippen LogP contribution in [0.4, 0.5) is 30.5 Å². The lowest BCUT2D eigenvalue weighted by Crippen LogP contribution is -2.42. The smallest absolute Gasteiger partial charge is 0.350 e. The summed E-state index contributed by atoms with van der Waals surface area (Å²) in [4.78, 5) is 19.0. The van der Waals surface area contributed by atoms with Gasteiger partial charge in [-0.3, -0.25) is 10.1 Å². The van der Waals surface area contributed by atoms with E-state index in [1.807, 2.05) is 0 Å². The zero-order valence-corrected chi connectivity index (χ0v) is 10.8. The van der Waals surface area contributed by atoms with Crippen LogP contribution in [-0.4, -0.2) is 34.2 Å². The molecule has 0 bridgehead atoms. The molecule has 116 valence electrons. The summed E-state index contributed by atoms with van der Waals surface area (Å²) in [5.74, 6) is 3.22. The van der Waals surface area contributed by atoms with Crippen LogP contribution in [0.3, 0.4) is 0 Å². The van der Waals surface area contributed by atoms with Crippen molar-refractivity contribution < 1.29 is 18.1 Å². The minimum Gasteiger partial charge on any atom is -0.350 e. The predicted octanol–water partition coefficient (Wildman–Crippen LogP) is 1.45. The average molecular weight is 306 g/mol. The Kier molecular flexibility index (Phi) is 4.11. The second kappa shape index (κ2) is 5.68. The van der Waals surface area contributed by atoms with Gasteiger partial charge in [0, 0.05) is 13.1 Å². The molecule has 1 fully saturated rings. The highest BCUT2D eigenvalue weighted by molar-refractivity contribution is 5.70. The fourth-order valence-electron chi connectivity index (χ4n) is 2.31. The third kappa shape index (κ3) is 3.12. The number of rotatable bonds is 3. The first kappa shape index (κ1) is 15.2. The standard InChI is InChI=1S/C10H13F3N6O2/c11-10(12,13)6-2-1-3-18(4-6)9-7(19(20)21)8(17-14)15-5-16-9/h5-6H,1-4,14H2,(H,15,16,17). The summed E-state index contributed by atoms with van der Waals surface area (Å²) >= 11 is 0. The first-order chi connectivity index (χ1) is 9.84. The van der Waals surface area contributed by atoms with E-state index < -0.39 is 22.7 Å². The summed E-state index contributed by atoms with van der Waals surface area (Å²) in [5.41, 5.74) is 1.53. The molecule has 1 atom stereocenters. The Labute approximate surface area is 117 Å². The van der Waals surface area contributed by atoms with Crippen LogP contribution in [-0.2, 0) is 0 Å². The predicted molar refractivity (Wildman–Crippen MR) is 67.5 cm³/mol. The number of nitrogen functional groups attached to an aromatic ring is 1. The molecule has 1 aliphatic heterocycles. The quantitative estimate of drug-likeness (QED) is 0.494. The highest BCUT2D eigenvalue weighted by Gasteiger charge is 2.43. The molecule has 11 heteroatoms. The highest BCUT2D eigenvalue weighted by atomic mass is 19.4. The molecule has 2 heterocycles. The number of halogens is 3. The van der Waals surface area contributed by atoms with Crippen LogP contribution < -0.4 is 16.2 Å². The number of anilines is 2. The molecule has 0 aromatic carbocycles. The van der Waals surface area contributed by atoms with Gasteiger partial charge in [0.15, 0.2) is 0 Å². The van der Waals surface area contributed by atoms with Crippen LogP contribution in [0.2, 0.25) is 0 Å². The van der Waals surface area contributed by atoms with Crippen LogP contribution in [0, 0.1) is 16.0 Å². The van der Waals surface area contributed by atoms with Gasteiger partial charge in [-0.2, -0.15) is 13.2 Å². The molecule has 1 aromatic rings. The number of hydrogen-bond acceptors (Lipinski definition) is 7. The van der Waals surface area contributed by atoms with Crippen LogP contribution in [0.5, 0.6) is 0 Å². The van der Waals surface area contributed by atoms with Gasteiger partial charge in [-0.15, -0.1) is 0 Å². The molecule has 3 N–H and O–H groups in total. The normalized spacial score (nSPS) is 19.4. The van der Waals surface area contributed by atoms with E-state index in [4.69, 9.17) is 5.84 Å². The van der Waals surface area contributed by atoms with Crippen molar-refractivity contribution in [3.05, 3.63) is 16.4 Å². The summed E-state index contributed by atoms with van der Waals surface area (Å²) in [7, 11) is 0. The molecule has 8 nitrogen and oxygen atoms in total. The van der Waals surface area contributed by atoms with E-state index in [0.29, 0.717) is 0 Å². The third-order valence-electron chi connectivity index (χ3n) is 3.31. The first-order valence-corrected chi connectivity index (χ1v) is 6.12. The maximum absolute atomic E-state index is 12.8. The first-order valence-electron chi connectivity index (χ1n) is 6.12. The largest absolute Gasteiger partial charge is 0.393 e. The van der Waals surface area contributed by atoms with Crippen LogP contribution >= 0.6 is 0 Å². The lowest BCUT2D eigenvalue weighted by molar-refractivity contribution is -0.383. The number of hydrogen-bond donors (Lipinski definition) is 2. The van der Waals surface area contributed by atoms with Crippen molar-refractivity contribution >= 4 is 17.3 Å². The van der Waals surface area contributed by atoms with E-state index >= 15 is 0 Å². The van der Waals surface area contributed by atoms with Gasteiger partial charge in [-0.25, -0.2) is 15.8 Å². The van der Waals surface area contributed by atoms with Gasteiger partial charge in [-0.05, 0) is 12.8 Å². The van der Waals surface area contributed by atoms with E-state index in [9.17, 15) is 23.3 Å². The lowest BCUT2D eigenvalue weighted by Gasteiger charge is -2.34. The van der Waals surface area contributed by atoms with E-state index in [-0.39, 0.29) is 37.6 Å². The van der Waals surface area contributed by atoms with Gasteiger partial charge in [0.1, 0.15) is 6.33 Å². The zero-order chi connectivity index (χ0) is 15.6. The van der Waals surface area contributed by atoms with Gasteiger partial charge in [0.05, 0.1) is 10.8 Å². The van der Waals surface area contributed by atoms with Crippen molar-refractivity contribution in [3.63, 3.8) is 0 Å². The number of nitrogens with two attached hydrogens (primary N) is 1. The Morgan fingerprint density at radius 1 is 1.48 bits per heavy atom. The molecular weight excluding hydrogens is 293 g/mol. The van der Waals surface area contributed by atoms with Crippen molar-refractivity contribution in [2.24, 2.45) is 11.8 Å². The minimum atomic E-state index is -4.34. The second-order valence-corrected chi connectivity index (χ2v) is 4.62. The molecule has 0 saturated carbocycles. The fraction of sp³-hybridized carbons (Fsp3) is 0.600. The molecule has 1 unspecified atom stereocenters. The van der Waals surface area contributed by atoms with E-state index in [1.54, 1.807) is 0 Å². The topological polar surface area (TPSA) is 110 Å². The summed E-state index contributed by atoms with van der Waals surface area (Å²) in [6.07, 6.45) is -3.04. The Hall–Kier alpha value is -2.17. The minimum absolute atomic E-state index is 0.000870. The number of nitro groups is 1. The maximum atomic E-state index is 12.8. The zero-order valence-electron chi connectivity index (χ0n) is 10.8. The Morgan fingerprint density at radius 3 is 2.76 bits per heavy atom. The van der Waals surface area contributed by atoms with Gasteiger partial charge < -0.3 is 10.3 Å². The van der Waals surface area contributed by atoms with Crippen molar-refractivity contribution in [1.29, 1.82) is 0 Å². The van der Waals surface area contributed by atoms with Crippen LogP contribution in [0.1, 0.15) is 12.8 Å². The molecule has 1 aliphatic rings. The molecule has 2 rings (SSSR count). The molecule has 21 heavy (non-hydrogen) atoms. The molecule has 1 aromatic heterocycles. The SMILES string of the molecule is NNc1ncnc(N2CCCC(C(F)(F)F)C2)c1[N+](=O)[O-]. The summed E-state index contributed by atoms with van der Waals surface area (Å²) in [6.45, 7) is -0.111. The van der Waals surface area contributed by atoms with Gasteiger partial charge >= 0.3 is 11.9 Å². The summed E-state index contributed by atoms with van der Waals surface area (Å²) in [6, 6.07) is 0. The average Bonchev–Trinajstić information content (AvgIpc) is 2.45. The number of nitrogens with one attached hydrogen (secondary N) is 1. The van der Waals surface area contributed by atoms with Crippen molar-refractivity contribution in [2.45, 2.75) is 19.0 Å². The maximum Gasteiger partial charge on any atom is 0.393 e. The molecule has 0 radical (unpaired) electrons. The van der Waals surface area contributed by atoms with Crippen molar-refractivity contribution in [2.75, 3.05) is 23.4 Å². The van der Waals surface area contributed by atoms with E-state index in [2.05, 4.69) is 15.4 Å². The van der Waals surface area contributed by atoms with Gasteiger partial charge in [0.25, 0.3) is 0 Å². The van der Waals surface area contributed by atoms with Gasteiger partial charge in [0.2, 0.25) is 11.6 Å². The fourth-order valence-corrected chi connectivity index (χ4v) is 2.31. The highest BCUT2D eigenvalue weighted by Crippen LogP contribution is 2.38. The molecule has 0 spiro atoms. The van der Waals surface area contributed by atoms with Gasteiger partial charge in [-0.1, -0.05) is 0 Å². The number of piperidine rings is 1. The third-order valence-corrected chi connectivity index (χ3v) is 3.31. The molecule has 0 aliphatic carbocycles. The Bertz CT molecular complexity index is 538. The Balaban J connectivity index is 2.35. The number of alkyl halides is 3. The Morgan fingerprint density at radius 2 is 2.19 bits per heavy atom.